The minimum absolute atomic E-state index is 0.143. The van der Waals surface area contributed by atoms with Crippen LogP contribution in [-0.4, -0.2) is 33.6 Å². The van der Waals surface area contributed by atoms with Gasteiger partial charge in [0.1, 0.15) is 0 Å². The van der Waals surface area contributed by atoms with Gasteiger partial charge < -0.3 is 10.4 Å². The number of aryl methyl sites for hydroxylation is 1. The topological polar surface area (TPSA) is 62.2 Å². The molecule has 0 amide bonds. The van der Waals surface area contributed by atoms with Crippen molar-refractivity contribution in [1.82, 2.24) is 4.98 Å². The molecule has 17 heavy (non-hydrogen) atoms. The van der Waals surface area contributed by atoms with Crippen molar-refractivity contribution in [1.29, 1.82) is 0 Å². The van der Waals surface area contributed by atoms with E-state index >= 15 is 0 Å². The van der Waals surface area contributed by atoms with Gasteiger partial charge in [0.2, 0.25) is 0 Å². The molecule has 0 saturated carbocycles. The lowest BCUT2D eigenvalue weighted by atomic mass is 10.2. The van der Waals surface area contributed by atoms with Crippen molar-refractivity contribution >= 4 is 34.2 Å². The van der Waals surface area contributed by atoms with Crippen molar-refractivity contribution in [3.05, 3.63) is 11.1 Å². The lowest BCUT2D eigenvalue weighted by Crippen LogP contribution is -2.17. The molecule has 1 aromatic heterocycles. The predicted octanol–water partition coefficient (Wildman–Crippen LogP) is 2.71. The van der Waals surface area contributed by atoms with Gasteiger partial charge in [-0.3, -0.25) is 4.79 Å². The lowest BCUT2D eigenvalue weighted by Gasteiger charge is -2.11. The maximum atomic E-state index is 10.4. The molecular weight excluding hydrogens is 256 g/mol. The molecule has 2 N–H and O–H groups in total. The number of aromatic nitrogens is 1. The van der Waals surface area contributed by atoms with Crippen LogP contribution >= 0.6 is 23.1 Å². The molecule has 1 unspecified atom stereocenters. The maximum Gasteiger partial charge on any atom is 0.303 e. The van der Waals surface area contributed by atoms with Crippen molar-refractivity contribution in [2.75, 3.05) is 16.8 Å². The molecule has 0 saturated heterocycles. The fourth-order valence-corrected chi connectivity index (χ4v) is 2.80. The zero-order valence-electron chi connectivity index (χ0n) is 10.1. The van der Waals surface area contributed by atoms with E-state index < -0.39 is 5.97 Å². The van der Waals surface area contributed by atoms with Gasteiger partial charge in [0, 0.05) is 23.6 Å². The molecule has 0 radical (unpaired) electrons. The normalized spacial score (nSPS) is 12.4. The number of hydrogen-bond donors (Lipinski definition) is 2. The van der Waals surface area contributed by atoms with E-state index in [1.54, 1.807) is 0 Å². The number of carboxylic acids is 1. The number of carbonyl (C=O) groups is 1. The molecule has 0 aliphatic rings. The molecule has 0 aromatic carbocycles. The molecule has 4 nitrogen and oxygen atoms in total. The molecule has 6 heteroatoms. The van der Waals surface area contributed by atoms with Gasteiger partial charge in [-0.25, -0.2) is 4.98 Å². The second kappa shape index (κ2) is 7.55. The molecule has 0 spiro atoms. The number of rotatable bonds is 8. The van der Waals surface area contributed by atoms with E-state index in [0.29, 0.717) is 12.5 Å². The zero-order valence-corrected chi connectivity index (χ0v) is 11.7. The summed E-state index contributed by atoms with van der Waals surface area (Å²) in [6.07, 6.45) is 0.649. The summed E-state index contributed by atoms with van der Waals surface area (Å²) in [5.74, 6) is 1.40. The minimum Gasteiger partial charge on any atom is -0.481 e. The Morgan fingerprint density at radius 3 is 3.12 bits per heavy atom. The Bertz CT molecular complexity index is 355. The summed E-state index contributed by atoms with van der Waals surface area (Å²) >= 11 is 3.43. The van der Waals surface area contributed by atoms with Crippen LogP contribution in [0, 0.1) is 0 Å². The van der Waals surface area contributed by atoms with Crippen LogP contribution in [0.3, 0.4) is 0 Å². The Morgan fingerprint density at radius 1 is 1.71 bits per heavy atom. The first-order valence-corrected chi connectivity index (χ1v) is 7.65. The summed E-state index contributed by atoms with van der Waals surface area (Å²) < 4.78 is 0. The molecule has 0 bridgehead atoms. The van der Waals surface area contributed by atoms with Crippen molar-refractivity contribution in [2.45, 2.75) is 32.7 Å². The highest BCUT2D eigenvalue weighted by Gasteiger charge is 2.07. The second-order valence-electron chi connectivity index (χ2n) is 3.74. The van der Waals surface area contributed by atoms with Gasteiger partial charge in [0.15, 0.2) is 5.13 Å². The quantitative estimate of drug-likeness (QED) is 0.763. The summed E-state index contributed by atoms with van der Waals surface area (Å²) in [6.45, 7) is 4.27. The Hall–Kier alpha value is -0.750. The number of nitrogens with zero attached hydrogens (tertiary/aromatic N) is 1. The number of hydrogen-bond acceptors (Lipinski definition) is 5. The highest BCUT2D eigenvalue weighted by Crippen LogP contribution is 2.18. The number of anilines is 1. The molecule has 1 aromatic rings. The highest BCUT2D eigenvalue weighted by atomic mass is 32.2. The molecule has 1 rings (SSSR count). The minimum atomic E-state index is -0.778. The predicted molar refractivity (Wildman–Crippen MR) is 74.2 cm³/mol. The van der Waals surface area contributed by atoms with Crippen LogP contribution in [0.15, 0.2) is 5.38 Å². The van der Waals surface area contributed by atoms with Crippen LogP contribution in [0.4, 0.5) is 5.13 Å². The van der Waals surface area contributed by atoms with Crippen LogP contribution < -0.4 is 5.32 Å². The van der Waals surface area contributed by atoms with Crippen molar-refractivity contribution < 1.29 is 9.90 Å². The number of aliphatic carboxylic acids is 1. The molecule has 0 aliphatic heterocycles. The van der Waals surface area contributed by atoms with Crippen LogP contribution in [-0.2, 0) is 11.2 Å². The summed E-state index contributed by atoms with van der Waals surface area (Å²) in [6, 6.07) is 0.387. The Morgan fingerprint density at radius 2 is 2.47 bits per heavy atom. The SMILES string of the molecule is CCSCC(C)Nc1nc(CCC(=O)O)cs1. The number of thiazole rings is 1. The van der Waals surface area contributed by atoms with Gasteiger partial charge in [-0.2, -0.15) is 11.8 Å². The van der Waals surface area contributed by atoms with Crippen LogP contribution in [0.25, 0.3) is 0 Å². The maximum absolute atomic E-state index is 10.4. The summed E-state index contributed by atoms with van der Waals surface area (Å²) in [7, 11) is 0. The summed E-state index contributed by atoms with van der Waals surface area (Å²) in [5, 5.41) is 14.7. The average Bonchev–Trinajstić information content (AvgIpc) is 2.71. The Labute approximate surface area is 110 Å². The van der Waals surface area contributed by atoms with E-state index in [-0.39, 0.29) is 6.42 Å². The summed E-state index contributed by atoms with van der Waals surface area (Å²) in [4.78, 5) is 14.8. The van der Waals surface area contributed by atoms with E-state index in [9.17, 15) is 4.79 Å². The zero-order chi connectivity index (χ0) is 12.7. The van der Waals surface area contributed by atoms with E-state index in [2.05, 4.69) is 24.1 Å². The van der Waals surface area contributed by atoms with E-state index in [0.717, 1.165) is 22.3 Å². The Balaban J connectivity index is 2.37. The highest BCUT2D eigenvalue weighted by molar-refractivity contribution is 7.99. The third-order valence-corrected chi connectivity index (χ3v) is 4.05. The second-order valence-corrected chi connectivity index (χ2v) is 5.92. The fourth-order valence-electron chi connectivity index (χ4n) is 1.27. The van der Waals surface area contributed by atoms with Crippen molar-refractivity contribution in [3.63, 3.8) is 0 Å². The third-order valence-electron chi connectivity index (χ3n) is 2.09. The van der Waals surface area contributed by atoms with Gasteiger partial charge >= 0.3 is 5.97 Å². The largest absolute Gasteiger partial charge is 0.481 e. The number of thioether (sulfide) groups is 1. The average molecular weight is 274 g/mol. The van der Waals surface area contributed by atoms with Gasteiger partial charge in [-0.05, 0) is 12.7 Å². The first-order chi connectivity index (χ1) is 8.11. The molecule has 96 valence electrons. The Kier molecular flexibility index (Phi) is 6.36. The molecule has 1 atom stereocenters. The summed E-state index contributed by atoms with van der Waals surface area (Å²) in [5.41, 5.74) is 0.857. The molecule has 1 heterocycles. The lowest BCUT2D eigenvalue weighted by molar-refractivity contribution is -0.136. The van der Waals surface area contributed by atoms with Gasteiger partial charge in [0.25, 0.3) is 0 Å². The molecular formula is C11H18N2O2S2. The van der Waals surface area contributed by atoms with Crippen molar-refractivity contribution in [3.8, 4) is 0 Å². The molecule has 0 aliphatic carbocycles. The number of carboxylic acid groups (broad SMARTS) is 1. The van der Waals surface area contributed by atoms with Gasteiger partial charge in [-0.15, -0.1) is 11.3 Å². The van der Waals surface area contributed by atoms with E-state index in [1.165, 1.54) is 11.3 Å². The number of nitrogens with one attached hydrogen (secondary N) is 1. The van der Waals surface area contributed by atoms with Crippen LogP contribution in [0.5, 0.6) is 0 Å². The van der Waals surface area contributed by atoms with Gasteiger partial charge in [-0.1, -0.05) is 6.92 Å². The fraction of sp³-hybridized carbons (Fsp3) is 0.636. The van der Waals surface area contributed by atoms with Crippen LogP contribution in [0.1, 0.15) is 26.0 Å². The standard InChI is InChI=1S/C11H18N2O2S2/c1-3-16-6-8(2)12-11-13-9(7-17-11)4-5-10(14)15/h7-8H,3-6H2,1-2H3,(H,12,13)(H,14,15). The molecule has 0 fully saturated rings. The van der Waals surface area contributed by atoms with Crippen molar-refractivity contribution in [2.24, 2.45) is 0 Å². The van der Waals surface area contributed by atoms with Crippen LogP contribution in [0.2, 0.25) is 0 Å². The smallest absolute Gasteiger partial charge is 0.303 e. The van der Waals surface area contributed by atoms with E-state index in [4.69, 9.17) is 5.11 Å². The third kappa shape index (κ3) is 5.93. The first-order valence-electron chi connectivity index (χ1n) is 5.62. The first kappa shape index (κ1) is 14.3. The van der Waals surface area contributed by atoms with Gasteiger partial charge in [0.05, 0.1) is 12.1 Å². The monoisotopic (exact) mass is 274 g/mol. The van der Waals surface area contributed by atoms with E-state index in [1.807, 2.05) is 17.1 Å².